The molecule has 0 radical (unpaired) electrons. The number of rotatable bonds is 5. The Hall–Kier alpha value is -4.03. The van der Waals surface area contributed by atoms with Crippen LogP contribution in [-0.4, -0.2) is 26.1 Å². The number of anilines is 1. The van der Waals surface area contributed by atoms with Crippen molar-refractivity contribution in [2.24, 2.45) is 0 Å². The van der Waals surface area contributed by atoms with E-state index in [9.17, 15) is 15.0 Å². The number of fused-ring (bicyclic) bond motifs is 3. The molecule has 1 aliphatic carbocycles. The van der Waals surface area contributed by atoms with Gasteiger partial charge in [0.1, 0.15) is 11.4 Å². The van der Waals surface area contributed by atoms with Crippen LogP contribution in [0.2, 0.25) is 0 Å². The van der Waals surface area contributed by atoms with Crippen molar-refractivity contribution >= 4 is 11.7 Å². The van der Waals surface area contributed by atoms with Crippen LogP contribution in [0.3, 0.4) is 0 Å². The van der Waals surface area contributed by atoms with Gasteiger partial charge in [-0.1, -0.05) is 60.7 Å². The summed E-state index contributed by atoms with van der Waals surface area (Å²) in [4.78, 5) is 22.6. The van der Waals surface area contributed by atoms with Crippen LogP contribution in [0, 0.1) is 0 Å². The summed E-state index contributed by atoms with van der Waals surface area (Å²) in [6.07, 6.45) is 1.68. The second-order valence-corrected chi connectivity index (χ2v) is 8.12. The summed E-state index contributed by atoms with van der Waals surface area (Å²) >= 11 is 0. The van der Waals surface area contributed by atoms with Gasteiger partial charge in [0.05, 0.1) is 24.4 Å². The lowest BCUT2D eigenvalue weighted by Gasteiger charge is -2.21. The lowest BCUT2D eigenvalue weighted by atomic mass is 9.90. The molecule has 0 spiro atoms. The fourth-order valence-corrected chi connectivity index (χ4v) is 4.16. The maximum absolute atomic E-state index is 12.8. The number of hydrogen-bond donors (Lipinski definition) is 3. The van der Waals surface area contributed by atoms with Crippen LogP contribution in [0.5, 0.6) is 5.75 Å². The van der Waals surface area contributed by atoms with Gasteiger partial charge in [-0.15, -0.1) is 0 Å². The van der Waals surface area contributed by atoms with Crippen molar-refractivity contribution in [2.45, 2.75) is 25.9 Å². The van der Waals surface area contributed by atoms with Crippen molar-refractivity contribution in [3.05, 3.63) is 95.2 Å². The second kappa shape index (κ2) is 8.84. The first-order valence-electron chi connectivity index (χ1n) is 10.9. The molecule has 6 nitrogen and oxygen atoms in total. The number of nitrogens with zero attached hydrogens (tertiary/aromatic N) is 2. The van der Waals surface area contributed by atoms with Gasteiger partial charge in [0.15, 0.2) is 5.82 Å². The third-order valence-corrected chi connectivity index (χ3v) is 5.81. The molecule has 3 aromatic carbocycles. The maximum atomic E-state index is 12.8. The molecule has 5 rings (SSSR count). The lowest BCUT2D eigenvalue weighted by Crippen LogP contribution is -2.19. The molecule has 0 atom stereocenters. The minimum absolute atomic E-state index is 0.00703. The number of aliphatic hydroxyl groups is 1. The fraction of sp³-hybridized carbons (Fsp3) is 0.148. The zero-order valence-corrected chi connectivity index (χ0v) is 18.0. The first-order chi connectivity index (χ1) is 16.1. The molecule has 0 fully saturated rings. The molecule has 3 N–H and O–H groups in total. The van der Waals surface area contributed by atoms with Crippen molar-refractivity contribution < 1.29 is 15.0 Å². The van der Waals surface area contributed by atoms with Crippen LogP contribution in [0.1, 0.15) is 22.4 Å². The predicted molar refractivity (Wildman–Crippen MR) is 127 cm³/mol. The molecule has 1 aromatic heterocycles. The number of carbonyl (C=O) groups is 1. The first kappa shape index (κ1) is 20.8. The van der Waals surface area contributed by atoms with Gasteiger partial charge in [-0.05, 0) is 41.7 Å². The van der Waals surface area contributed by atoms with Crippen molar-refractivity contribution in [3.8, 4) is 28.3 Å². The number of aromatic nitrogens is 2. The van der Waals surface area contributed by atoms with Crippen molar-refractivity contribution in [1.29, 1.82) is 0 Å². The molecule has 0 saturated heterocycles. The molecule has 0 unspecified atom stereocenters. The zero-order chi connectivity index (χ0) is 22.8. The second-order valence-electron chi connectivity index (χ2n) is 8.12. The Labute approximate surface area is 191 Å². The number of amides is 1. The van der Waals surface area contributed by atoms with E-state index < -0.39 is 0 Å². The molecule has 6 heteroatoms. The summed E-state index contributed by atoms with van der Waals surface area (Å²) in [5.41, 5.74) is 6.98. The number of phenols is 1. The van der Waals surface area contributed by atoms with Gasteiger partial charge in [0.25, 0.3) is 0 Å². The van der Waals surface area contributed by atoms with Gasteiger partial charge in [0, 0.05) is 11.1 Å². The number of aryl methyl sites for hydroxylation is 2. The predicted octanol–water partition coefficient (Wildman–Crippen LogP) is 4.29. The van der Waals surface area contributed by atoms with Crippen LogP contribution in [0.15, 0.2) is 72.8 Å². The van der Waals surface area contributed by atoms with Gasteiger partial charge < -0.3 is 15.5 Å². The maximum Gasteiger partial charge on any atom is 0.230 e. The summed E-state index contributed by atoms with van der Waals surface area (Å²) in [6.45, 7) is 0.00703. The highest BCUT2D eigenvalue weighted by molar-refractivity contribution is 5.95. The van der Waals surface area contributed by atoms with Gasteiger partial charge in [-0.3, -0.25) is 4.79 Å². The molecule has 1 heterocycles. The van der Waals surface area contributed by atoms with E-state index in [1.54, 1.807) is 24.3 Å². The number of phenolic OH excluding ortho intramolecular Hbond substituents is 1. The van der Waals surface area contributed by atoms with Crippen LogP contribution < -0.4 is 5.32 Å². The minimum atomic E-state index is -0.198. The molecule has 1 aliphatic rings. The Morgan fingerprint density at radius 3 is 2.39 bits per heavy atom. The van der Waals surface area contributed by atoms with E-state index in [1.807, 2.05) is 48.5 Å². The van der Waals surface area contributed by atoms with Crippen LogP contribution >= 0.6 is 0 Å². The van der Waals surface area contributed by atoms with Crippen LogP contribution in [-0.2, 0) is 30.7 Å². The van der Waals surface area contributed by atoms with E-state index in [4.69, 9.17) is 9.97 Å². The third-order valence-electron chi connectivity index (χ3n) is 5.81. The SMILES string of the molecule is O=C(Cc1ccc(O)cc1)Nc1nc2c(nc1-c1ccccc1)-c1ccc(CO)cc1CC2. The minimum Gasteiger partial charge on any atom is -0.508 e. The van der Waals surface area contributed by atoms with E-state index in [0.717, 1.165) is 45.6 Å². The third kappa shape index (κ3) is 4.33. The molecule has 33 heavy (non-hydrogen) atoms. The highest BCUT2D eigenvalue weighted by Crippen LogP contribution is 2.36. The Morgan fingerprint density at radius 2 is 1.64 bits per heavy atom. The molecule has 0 bridgehead atoms. The number of benzene rings is 3. The van der Waals surface area contributed by atoms with Gasteiger partial charge in [-0.25, -0.2) is 9.97 Å². The summed E-state index contributed by atoms with van der Waals surface area (Å²) in [6, 6.07) is 22.2. The van der Waals surface area contributed by atoms with E-state index in [0.29, 0.717) is 17.9 Å². The summed E-state index contributed by atoms with van der Waals surface area (Å²) in [5, 5.41) is 21.9. The quantitative estimate of drug-likeness (QED) is 0.433. The van der Waals surface area contributed by atoms with E-state index >= 15 is 0 Å². The molecule has 0 aliphatic heterocycles. The molecule has 4 aromatic rings. The molecule has 1 amide bonds. The van der Waals surface area contributed by atoms with Crippen molar-refractivity contribution in [2.75, 3.05) is 5.32 Å². The smallest absolute Gasteiger partial charge is 0.230 e. The van der Waals surface area contributed by atoms with Crippen molar-refractivity contribution in [1.82, 2.24) is 9.97 Å². The van der Waals surface area contributed by atoms with Gasteiger partial charge >= 0.3 is 0 Å². The van der Waals surface area contributed by atoms with Crippen LogP contribution in [0.25, 0.3) is 22.5 Å². The molecule has 164 valence electrons. The Balaban J connectivity index is 1.53. The van der Waals surface area contributed by atoms with Crippen LogP contribution in [0.4, 0.5) is 5.82 Å². The van der Waals surface area contributed by atoms with Crippen molar-refractivity contribution in [3.63, 3.8) is 0 Å². The Kier molecular flexibility index (Phi) is 5.59. The lowest BCUT2D eigenvalue weighted by molar-refractivity contribution is -0.115. The standard InChI is InChI=1S/C27H23N3O3/c31-16-18-8-12-22-20(14-18)9-13-23-26(22)30-25(19-4-2-1-3-5-19)27(28-23)29-24(33)15-17-6-10-21(32)11-7-17/h1-8,10-12,14,31-32H,9,13,15-16H2,(H,28,29,33). The number of hydrogen-bond acceptors (Lipinski definition) is 5. The number of nitrogens with one attached hydrogen (secondary N) is 1. The highest BCUT2D eigenvalue weighted by Gasteiger charge is 2.23. The molecular formula is C27H23N3O3. The first-order valence-corrected chi connectivity index (χ1v) is 10.9. The topological polar surface area (TPSA) is 95.3 Å². The normalized spacial score (nSPS) is 12.0. The van der Waals surface area contributed by atoms with Gasteiger partial charge in [0.2, 0.25) is 5.91 Å². The van der Waals surface area contributed by atoms with E-state index in [-0.39, 0.29) is 24.7 Å². The summed E-state index contributed by atoms with van der Waals surface area (Å²) in [7, 11) is 0. The largest absolute Gasteiger partial charge is 0.508 e. The Bertz CT molecular complexity index is 1320. The van der Waals surface area contributed by atoms with E-state index in [2.05, 4.69) is 5.32 Å². The fourth-order valence-electron chi connectivity index (χ4n) is 4.16. The number of aromatic hydroxyl groups is 1. The number of aliphatic hydroxyl groups excluding tert-OH is 1. The monoisotopic (exact) mass is 437 g/mol. The summed E-state index contributed by atoms with van der Waals surface area (Å²) in [5.74, 6) is 0.410. The zero-order valence-electron chi connectivity index (χ0n) is 18.0. The number of carbonyl (C=O) groups excluding carboxylic acids is 1. The summed E-state index contributed by atoms with van der Waals surface area (Å²) < 4.78 is 0. The highest BCUT2D eigenvalue weighted by atomic mass is 16.3. The molecule has 0 saturated carbocycles. The Morgan fingerprint density at radius 1 is 0.879 bits per heavy atom. The van der Waals surface area contributed by atoms with E-state index in [1.165, 1.54) is 0 Å². The average Bonchev–Trinajstić information content (AvgIpc) is 2.85. The van der Waals surface area contributed by atoms with Gasteiger partial charge in [-0.2, -0.15) is 0 Å². The average molecular weight is 437 g/mol. The molecular weight excluding hydrogens is 414 g/mol.